The monoisotopic (exact) mass is 176 g/mol. The Balaban J connectivity index is 3.06. The molecule has 1 rings (SSSR count). The average Bonchev–Trinajstić information content (AvgIpc) is 2.17. The molecule has 0 atom stereocenters. The van der Waals surface area contributed by atoms with Crippen LogP contribution in [0, 0.1) is 0 Å². The number of benzene rings is 1. The smallest absolute Gasteiger partial charge is 0.150 e. The Bertz CT molecular complexity index is 290. The zero-order chi connectivity index (χ0) is 9.68. The maximum atomic E-state index is 10.5. The molecule has 0 spiro atoms. The molecule has 0 fully saturated rings. The van der Waals surface area contributed by atoms with E-state index >= 15 is 0 Å². The van der Waals surface area contributed by atoms with Crippen molar-refractivity contribution in [2.24, 2.45) is 0 Å². The average molecular weight is 176 g/mol. The molecule has 0 aromatic heterocycles. The highest BCUT2D eigenvalue weighted by Gasteiger charge is 1.98. The lowest BCUT2D eigenvalue weighted by molar-refractivity contribution is 0.112. The third-order valence-electron chi connectivity index (χ3n) is 1.63. The van der Waals surface area contributed by atoms with Crippen LogP contribution in [-0.2, 0) is 0 Å². The highest BCUT2D eigenvalue weighted by Crippen LogP contribution is 2.16. The van der Waals surface area contributed by atoms with Crippen molar-refractivity contribution in [2.45, 2.75) is 6.92 Å². The lowest BCUT2D eigenvalue weighted by Crippen LogP contribution is -1.93. The number of aldehydes is 1. The molecule has 0 saturated heterocycles. The topological polar surface area (TPSA) is 26.3 Å². The first-order valence-electron chi connectivity index (χ1n) is 4.15. The maximum absolute atomic E-state index is 10.5. The number of ether oxygens (including phenoxy) is 1. The molecule has 68 valence electrons. The van der Waals surface area contributed by atoms with E-state index in [1.807, 2.05) is 13.0 Å². The van der Waals surface area contributed by atoms with Gasteiger partial charge in [-0.3, -0.25) is 4.79 Å². The van der Waals surface area contributed by atoms with Crippen LogP contribution in [0.5, 0.6) is 5.75 Å². The summed E-state index contributed by atoms with van der Waals surface area (Å²) in [5.41, 5.74) is 1.51. The first kappa shape index (κ1) is 9.52. The fourth-order valence-electron chi connectivity index (χ4n) is 1.08. The molecular formula is C11H12O2. The molecule has 0 bridgehead atoms. The summed E-state index contributed by atoms with van der Waals surface area (Å²) >= 11 is 0. The van der Waals surface area contributed by atoms with Crippen LogP contribution in [0.2, 0.25) is 0 Å². The van der Waals surface area contributed by atoms with Crippen LogP contribution in [0.25, 0.3) is 6.08 Å². The van der Waals surface area contributed by atoms with Crippen LogP contribution in [-0.4, -0.2) is 12.9 Å². The van der Waals surface area contributed by atoms with E-state index in [0.29, 0.717) is 17.9 Å². The molecular weight excluding hydrogens is 164 g/mol. The number of hydrogen-bond donors (Lipinski definition) is 0. The Labute approximate surface area is 77.8 Å². The van der Waals surface area contributed by atoms with Crippen LogP contribution in [0.3, 0.4) is 0 Å². The van der Waals surface area contributed by atoms with E-state index in [1.54, 1.807) is 18.2 Å². The van der Waals surface area contributed by atoms with Crippen LogP contribution in [0.4, 0.5) is 0 Å². The van der Waals surface area contributed by atoms with E-state index < -0.39 is 0 Å². The summed E-state index contributed by atoms with van der Waals surface area (Å²) in [6.07, 6.45) is 2.49. The number of hydrogen-bond acceptors (Lipinski definition) is 2. The van der Waals surface area contributed by atoms with E-state index in [2.05, 4.69) is 6.58 Å². The largest absolute Gasteiger partial charge is 0.494 e. The fraction of sp³-hybridized carbons (Fsp3) is 0.182. The van der Waals surface area contributed by atoms with Crippen molar-refractivity contribution in [1.29, 1.82) is 0 Å². The predicted octanol–water partition coefficient (Wildman–Crippen LogP) is 2.54. The molecule has 0 radical (unpaired) electrons. The summed E-state index contributed by atoms with van der Waals surface area (Å²) in [5.74, 6) is 0.710. The van der Waals surface area contributed by atoms with Crippen molar-refractivity contribution in [1.82, 2.24) is 0 Å². The highest BCUT2D eigenvalue weighted by molar-refractivity contribution is 5.77. The van der Waals surface area contributed by atoms with E-state index in [9.17, 15) is 4.79 Å². The van der Waals surface area contributed by atoms with Gasteiger partial charge in [0.15, 0.2) is 0 Å². The molecule has 1 aromatic rings. The standard InChI is InChI=1S/C11H12O2/c1-3-9-5-10(8-12)7-11(6-9)13-4-2/h3,5-8H,1,4H2,2H3. The summed E-state index contributed by atoms with van der Waals surface area (Å²) in [6.45, 7) is 6.14. The van der Waals surface area contributed by atoms with Gasteiger partial charge in [0.25, 0.3) is 0 Å². The zero-order valence-corrected chi connectivity index (χ0v) is 7.62. The van der Waals surface area contributed by atoms with Crippen LogP contribution in [0.1, 0.15) is 22.8 Å². The Morgan fingerprint density at radius 1 is 1.38 bits per heavy atom. The molecule has 0 aliphatic rings. The van der Waals surface area contributed by atoms with Gasteiger partial charge in [0.05, 0.1) is 6.61 Å². The summed E-state index contributed by atoms with van der Waals surface area (Å²) in [5, 5.41) is 0. The molecule has 2 heteroatoms. The number of carbonyl (C=O) groups is 1. The van der Waals surface area contributed by atoms with Gasteiger partial charge in [-0.25, -0.2) is 0 Å². The van der Waals surface area contributed by atoms with Crippen molar-refractivity contribution in [3.63, 3.8) is 0 Å². The third-order valence-corrected chi connectivity index (χ3v) is 1.63. The van der Waals surface area contributed by atoms with Gasteiger partial charge in [-0.1, -0.05) is 12.7 Å². The molecule has 1 aromatic carbocycles. The fourth-order valence-corrected chi connectivity index (χ4v) is 1.08. The van der Waals surface area contributed by atoms with Crippen molar-refractivity contribution >= 4 is 12.4 Å². The molecule has 0 amide bonds. The second-order valence-electron chi connectivity index (χ2n) is 2.59. The Hall–Kier alpha value is -1.57. The minimum atomic E-state index is 0.596. The van der Waals surface area contributed by atoms with Gasteiger partial charge < -0.3 is 4.74 Å². The molecule has 0 heterocycles. The van der Waals surface area contributed by atoms with Crippen LogP contribution in [0.15, 0.2) is 24.8 Å². The number of carbonyl (C=O) groups excluding carboxylic acids is 1. The van der Waals surface area contributed by atoms with Gasteiger partial charge in [0.1, 0.15) is 12.0 Å². The SMILES string of the molecule is C=Cc1cc(C=O)cc(OCC)c1. The van der Waals surface area contributed by atoms with Gasteiger partial charge in [-0.05, 0) is 30.7 Å². The lowest BCUT2D eigenvalue weighted by Gasteiger charge is -2.04. The second kappa shape index (κ2) is 4.45. The van der Waals surface area contributed by atoms with Gasteiger partial charge in [-0.2, -0.15) is 0 Å². The van der Waals surface area contributed by atoms with E-state index in [-0.39, 0.29) is 0 Å². The summed E-state index contributed by atoms with van der Waals surface area (Å²) in [6, 6.07) is 5.33. The molecule has 0 aliphatic heterocycles. The minimum Gasteiger partial charge on any atom is -0.494 e. The Morgan fingerprint density at radius 2 is 2.08 bits per heavy atom. The quantitative estimate of drug-likeness (QED) is 0.659. The van der Waals surface area contributed by atoms with Crippen molar-refractivity contribution in [3.8, 4) is 5.75 Å². The molecule has 2 nitrogen and oxygen atoms in total. The first-order valence-corrected chi connectivity index (χ1v) is 4.15. The molecule has 0 unspecified atom stereocenters. The zero-order valence-electron chi connectivity index (χ0n) is 7.62. The normalized spacial score (nSPS) is 9.31. The van der Waals surface area contributed by atoms with Gasteiger partial charge in [-0.15, -0.1) is 0 Å². The van der Waals surface area contributed by atoms with Crippen molar-refractivity contribution < 1.29 is 9.53 Å². The Morgan fingerprint density at radius 3 is 2.62 bits per heavy atom. The molecule has 0 aliphatic carbocycles. The molecule has 0 saturated carbocycles. The van der Waals surface area contributed by atoms with Gasteiger partial charge in [0.2, 0.25) is 0 Å². The lowest BCUT2D eigenvalue weighted by atomic mass is 10.1. The third kappa shape index (κ3) is 2.44. The minimum absolute atomic E-state index is 0.596. The van der Waals surface area contributed by atoms with Gasteiger partial charge in [0, 0.05) is 5.56 Å². The van der Waals surface area contributed by atoms with Gasteiger partial charge >= 0.3 is 0 Å². The first-order chi connectivity index (χ1) is 6.30. The highest BCUT2D eigenvalue weighted by atomic mass is 16.5. The van der Waals surface area contributed by atoms with Crippen LogP contribution >= 0.6 is 0 Å². The summed E-state index contributed by atoms with van der Waals surface area (Å²) in [4.78, 5) is 10.5. The van der Waals surface area contributed by atoms with Crippen LogP contribution < -0.4 is 4.74 Å². The summed E-state index contributed by atoms with van der Waals surface area (Å²) in [7, 11) is 0. The van der Waals surface area contributed by atoms with E-state index in [4.69, 9.17) is 4.74 Å². The predicted molar refractivity (Wildman–Crippen MR) is 53.1 cm³/mol. The molecule has 13 heavy (non-hydrogen) atoms. The van der Waals surface area contributed by atoms with E-state index in [1.165, 1.54) is 0 Å². The van der Waals surface area contributed by atoms with Crippen molar-refractivity contribution in [2.75, 3.05) is 6.61 Å². The Kier molecular flexibility index (Phi) is 3.26. The van der Waals surface area contributed by atoms with E-state index in [0.717, 1.165) is 11.8 Å². The second-order valence-corrected chi connectivity index (χ2v) is 2.59. The molecule has 0 N–H and O–H groups in total. The summed E-state index contributed by atoms with van der Waals surface area (Å²) < 4.78 is 5.28. The number of rotatable bonds is 4. The maximum Gasteiger partial charge on any atom is 0.150 e. The van der Waals surface area contributed by atoms with Crippen molar-refractivity contribution in [3.05, 3.63) is 35.9 Å².